The molecule has 0 spiro atoms. The minimum absolute atomic E-state index is 0.133. The van der Waals surface area contributed by atoms with Crippen molar-refractivity contribution in [2.24, 2.45) is 0 Å². The van der Waals surface area contributed by atoms with Crippen LogP contribution in [0.3, 0.4) is 0 Å². The van der Waals surface area contributed by atoms with E-state index in [-0.39, 0.29) is 23.2 Å². The number of benzene rings is 2. The van der Waals surface area contributed by atoms with Crippen LogP contribution in [0.1, 0.15) is 28.9 Å². The van der Waals surface area contributed by atoms with Crippen LogP contribution in [0.15, 0.2) is 42.5 Å². The number of hydrogen-bond acceptors (Lipinski definition) is 5. The molecule has 7 heteroatoms. The molecule has 0 fully saturated rings. The highest BCUT2D eigenvalue weighted by atomic mass is 16.6. The Kier molecular flexibility index (Phi) is 5.59. The minimum atomic E-state index is -0.508. The Morgan fingerprint density at radius 3 is 2.56 bits per heavy atom. The smallest absolute Gasteiger partial charge is 0.293 e. The van der Waals surface area contributed by atoms with E-state index in [1.54, 1.807) is 27.3 Å². The van der Waals surface area contributed by atoms with Crippen molar-refractivity contribution in [1.82, 2.24) is 4.90 Å². The molecular formula is C18H21N3O4. The van der Waals surface area contributed by atoms with E-state index in [0.29, 0.717) is 11.4 Å². The number of hydrogen-bond donors (Lipinski definition) is 1. The molecule has 0 radical (unpaired) electrons. The number of rotatable bonds is 6. The van der Waals surface area contributed by atoms with Crippen LogP contribution >= 0.6 is 0 Å². The van der Waals surface area contributed by atoms with Gasteiger partial charge in [0.25, 0.3) is 11.6 Å². The summed E-state index contributed by atoms with van der Waals surface area (Å²) in [6.45, 7) is 1.88. The first-order valence-electron chi connectivity index (χ1n) is 7.77. The lowest BCUT2D eigenvalue weighted by molar-refractivity contribution is -0.384. The highest BCUT2D eigenvalue weighted by Crippen LogP contribution is 2.30. The quantitative estimate of drug-likeness (QED) is 0.641. The van der Waals surface area contributed by atoms with E-state index in [4.69, 9.17) is 4.74 Å². The van der Waals surface area contributed by atoms with Gasteiger partial charge in [-0.15, -0.1) is 0 Å². The normalized spacial score (nSPS) is 11.5. The van der Waals surface area contributed by atoms with Crippen LogP contribution in [-0.2, 0) is 0 Å². The second-order valence-corrected chi connectivity index (χ2v) is 5.57. The molecule has 1 atom stereocenters. The summed E-state index contributed by atoms with van der Waals surface area (Å²) in [5.74, 6) is 0.385. The zero-order valence-corrected chi connectivity index (χ0v) is 14.6. The summed E-state index contributed by atoms with van der Waals surface area (Å²) in [7, 11) is 4.84. The number of nitrogens with zero attached hydrogens (tertiary/aromatic N) is 2. The van der Waals surface area contributed by atoms with Crippen molar-refractivity contribution >= 4 is 17.3 Å². The molecule has 0 saturated carbocycles. The fourth-order valence-corrected chi connectivity index (χ4v) is 2.63. The molecule has 2 aromatic carbocycles. The van der Waals surface area contributed by atoms with Gasteiger partial charge < -0.3 is 15.0 Å². The molecule has 1 amide bonds. The van der Waals surface area contributed by atoms with Crippen LogP contribution < -0.4 is 10.1 Å². The molecule has 0 heterocycles. The Balaban J connectivity index is 2.33. The number of nitro groups is 1. The number of carbonyl (C=O) groups excluding carboxylic acids is 1. The fourth-order valence-electron chi connectivity index (χ4n) is 2.63. The highest BCUT2D eigenvalue weighted by molar-refractivity contribution is 5.95. The van der Waals surface area contributed by atoms with Crippen molar-refractivity contribution in [2.45, 2.75) is 13.0 Å². The van der Waals surface area contributed by atoms with Crippen molar-refractivity contribution in [3.8, 4) is 5.75 Å². The summed E-state index contributed by atoms with van der Waals surface area (Å²) in [6.07, 6.45) is 0. The number of nitro benzene ring substituents is 1. The standard InChI is InChI=1S/C18H21N3O4/c1-12(14-7-5-6-8-17(14)25-4)20(3)18(22)13-9-10-15(19-2)16(11-13)21(23)24/h5-12,19H,1-4H3/t12-/m1/s1. The van der Waals surface area contributed by atoms with Gasteiger partial charge in [-0.3, -0.25) is 14.9 Å². The van der Waals surface area contributed by atoms with Gasteiger partial charge in [0, 0.05) is 31.3 Å². The molecule has 2 rings (SSSR count). The van der Waals surface area contributed by atoms with Gasteiger partial charge in [0.2, 0.25) is 0 Å². The molecule has 0 aliphatic rings. The zero-order valence-electron chi connectivity index (χ0n) is 14.6. The van der Waals surface area contributed by atoms with Crippen molar-refractivity contribution in [3.05, 3.63) is 63.7 Å². The molecule has 132 valence electrons. The molecule has 0 bridgehead atoms. The van der Waals surface area contributed by atoms with Crippen LogP contribution in [0.4, 0.5) is 11.4 Å². The number of ether oxygens (including phenoxy) is 1. The maximum absolute atomic E-state index is 12.8. The molecular weight excluding hydrogens is 322 g/mol. The van der Waals surface area contributed by atoms with Crippen molar-refractivity contribution in [1.29, 1.82) is 0 Å². The Morgan fingerprint density at radius 2 is 1.96 bits per heavy atom. The Hall–Kier alpha value is -3.09. The maximum atomic E-state index is 12.8. The lowest BCUT2D eigenvalue weighted by Gasteiger charge is -2.26. The molecule has 0 aliphatic heterocycles. The summed E-state index contributed by atoms with van der Waals surface area (Å²) in [6, 6.07) is 11.6. The van der Waals surface area contributed by atoms with E-state index in [0.717, 1.165) is 5.56 Å². The summed E-state index contributed by atoms with van der Waals surface area (Å²) < 4.78 is 5.35. The number of amides is 1. The molecule has 25 heavy (non-hydrogen) atoms. The van der Waals surface area contributed by atoms with E-state index in [2.05, 4.69) is 5.32 Å². The summed E-state index contributed by atoms with van der Waals surface area (Å²) >= 11 is 0. The fraction of sp³-hybridized carbons (Fsp3) is 0.278. The first-order chi connectivity index (χ1) is 11.9. The number of anilines is 1. The van der Waals surface area contributed by atoms with E-state index in [9.17, 15) is 14.9 Å². The Bertz CT molecular complexity index is 792. The summed E-state index contributed by atoms with van der Waals surface area (Å²) in [5, 5.41) is 13.9. The molecule has 0 saturated heterocycles. The molecule has 0 aliphatic carbocycles. The van der Waals surface area contributed by atoms with Crippen LogP contribution in [-0.4, -0.2) is 36.9 Å². The van der Waals surface area contributed by atoms with Crippen LogP contribution in [0.5, 0.6) is 5.75 Å². The molecule has 2 aromatic rings. The summed E-state index contributed by atoms with van der Waals surface area (Å²) in [4.78, 5) is 25.0. The monoisotopic (exact) mass is 343 g/mol. The number of para-hydroxylation sites is 1. The third kappa shape index (κ3) is 3.71. The van der Waals surface area contributed by atoms with Gasteiger partial charge in [-0.25, -0.2) is 0 Å². The zero-order chi connectivity index (χ0) is 18.6. The van der Waals surface area contributed by atoms with Crippen molar-refractivity contribution in [2.75, 3.05) is 26.5 Å². The van der Waals surface area contributed by atoms with E-state index >= 15 is 0 Å². The minimum Gasteiger partial charge on any atom is -0.496 e. The third-order valence-electron chi connectivity index (χ3n) is 4.20. The second kappa shape index (κ2) is 7.65. The Morgan fingerprint density at radius 1 is 1.28 bits per heavy atom. The predicted molar refractivity (Wildman–Crippen MR) is 96.1 cm³/mol. The van der Waals surface area contributed by atoms with Gasteiger partial charge in [0.1, 0.15) is 11.4 Å². The van der Waals surface area contributed by atoms with Crippen LogP contribution in [0.25, 0.3) is 0 Å². The van der Waals surface area contributed by atoms with E-state index in [1.807, 2.05) is 31.2 Å². The first kappa shape index (κ1) is 18.3. The van der Waals surface area contributed by atoms with E-state index in [1.165, 1.54) is 17.0 Å². The second-order valence-electron chi connectivity index (χ2n) is 5.57. The van der Waals surface area contributed by atoms with Gasteiger partial charge in [-0.2, -0.15) is 0 Å². The number of methoxy groups -OCH3 is 1. The third-order valence-corrected chi connectivity index (χ3v) is 4.20. The van der Waals surface area contributed by atoms with Gasteiger partial charge in [0.15, 0.2) is 0 Å². The average Bonchev–Trinajstić information content (AvgIpc) is 2.65. The SMILES string of the molecule is CNc1ccc(C(=O)N(C)[C@H](C)c2ccccc2OC)cc1[N+](=O)[O-]. The van der Waals surface area contributed by atoms with Gasteiger partial charge in [-0.05, 0) is 25.1 Å². The number of nitrogens with one attached hydrogen (secondary N) is 1. The predicted octanol–water partition coefficient (Wildman–Crippen LogP) is 3.48. The van der Waals surface area contributed by atoms with Crippen LogP contribution in [0.2, 0.25) is 0 Å². The van der Waals surface area contributed by atoms with Gasteiger partial charge in [-0.1, -0.05) is 18.2 Å². The Labute approximate surface area is 146 Å². The van der Waals surface area contributed by atoms with Crippen LogP contribution in [0, 0.1) is 10.1 Å². The van der Waals surface area contributed by atoms with E-state index < -0.39 is 4.92 Å². The molecule has 7 nitrogen and oxygen atoms in total. The lowest BCUT2D eigenvalue weighted by Crippen LogP contribution is -2.30. The van der Waals surface area contributed by atoms with Crippen molar-refractivity contribution in [3.63, 3.8) is 0 Å². The van der Waals surface area contributed by atoms with Crippen molar-refractivity contribution < 1.29 is 14.5 Å². The topological polar surface area (TPSA) is 84.7 Å². The lowest BCUT2D eigenvalue weighted by atomic mass is 10.0. The largest absolute Gasteiger partial charge is 0.496 e. The van der Waals surface area contributed by atoms with Gasteiger partial charge >= 0.3 is 0 Å². The number of carbonyl (C=O) groups is 1. The maximum Gasteiger partial charge on any atom is 0.293 e. The average molecular weight is 343 g/mol. The first-order valence-corrected chi connectivity index (χ1v) is 7.77. The van der Waals surface area contributed by atoms with Gasteiger partial charge in [0.05, 0.1) is 18.1 Å². The highest BCUT2D eigenvalue weighted by Gasteiger charge is 2.24. The summed E-state index contributed by atoms with van der Waals surface area (Å²) in [5.41, 5.74) is 1.35. The molecule has 0 aromatic heterocycles. The molecule has 1 N–H and O–H groups in total. The molecule has 0 unspecified atom stereocenters.